The van der Waals surface area contributed by atoms with Crippen molar-refractivity contribution in [3.63, 3.8) is 0 Å². The van der Waals surface area contributed by atoms with E-state index in [1.54, 1.807) is 0 Å². The van der Waals surface area contributed by atoms with E-state index in [-0.39, 0.29) is 12.7 Å². The van der Waals surface area contributed by atoms with Crippen LogP contribution in [0.4, 0.5) is 0 Å². The zero-order valence-electron chi connectivity index (χ0n) is 10.7. The number of aliphatic hydroxyl groups is 1. The van der Waals surface area contributed by atoms with Crippen LogP contribution in [0.15, 0.2) is 22.7 Å². The third-order valence-electron chi connectivity index (χ3n) is 3.33. The molecule has 0 bridgehead atoms. The van der Waals surface area contributed by atoms with E-state index < -0.39 is 0 Å². The van der Waals surface area contributed by atoms with E-state index >= 15 is 0 Å². The van der Waals surface area contributed by atoms with Gasteiger partial charge in [0.15, 0.2) is 5.58 Å². The second-order valence-corrected chi connectivity index (χ2v) is 4.68. The smallest absolute Gasteiger partial charge is 0.170 e. The first kappa shape index (κ1) is 12.4. The molecule has 1 aromatic heterocycles. The molecule has 0 aliphatic carbocycles. The first-order chi connectivity index (χ1) is 9.38. The summed E-state index contributed by atoms with van der Waals surface area (Å²) in [7, 11) is 0. The number of aliphatic hydroxyl groups excluding tert-OH is 1. The van der Waals surface area contributed by atoms with Crippen molar-refractivity contribution >= 4 is 11.0 Å². The average Bonchev–Trinajstić information content (AvgIpc) is 3.07. The van der Waals surface area contributed by atoms with Crippen LogP contribution in [0.2, 0.25) is 0 Å². The van der Waals surface area contributed by atoms with Gasteiger partial charge in [0, 0.05) is 19.6 Å². The Morgan fingerprint density at radius 3 is 3.16 bits per heavy atom. The van der Waals surface area contributed by atoms with E-state index in [1.165, 1.54) is 0 Å². The number of aromatic nitrogens is 1. The molecule has 2 aromatic rings. The molecule has 1 unspecified atom stereocenters. The molecule has 0 amide bonds. The van der Waals surface area contributed by atoms with Gasteiger partial charge in [-0.1, -0.05) is 11.2 Å². The summed E-state index contributed by atoms with van der Waals surface area (Å²) in [6.45, 7) is 1.41. The molecule has 1 fully saturated rings. The highest BCUT2D eigenvalue weighted by Gasteiger charge is 2.18. The monoisotopic (exact) mass is 263 g/mol. The number of fused-ring (bicyclic) bond motifs is 1. The maximum atomic E-state index is 9.05. The maximum Gasteiger partial charge on any atom is 0.170 e. The molecule has 2 heterocycles. The SMILES string of the molecule is OCCc1noc2cccc(OCC3CCCO3)c12. The molecule has 1 N–H and O–H groups in total. The zero-order chi connectivity index (χ0) is 13.1. The highest BCUT2D eigenvalue weighted by Crippen LogP contribution is 2.29. The van der Waals surface area contributed by atoms with Crippen LogP contribution in [0.3, 0.4) is 0 Å². The Kier molecular flexibility index (Phi) is 3.66. The first-order valence-electron chi connectivity index (χ1n) is 6.61. The predicted octanol–water partition coefficient (Wildman–Crippen LogP) is 1.92. The molecule has 19 heavy (non-hydrogen) atoms. The lowest BCUT2D eigenvalue weighted by molar-refractivity contribution is 0.0684. The van der Waals surface area contributed by atoms with E-state index in [9.17, 15) is 0 Å². The van der Waals surface area contributed by atoms with Crippen molar-refractivity contribution in [2.75, 3.05) is 19.8 Å². The summed E-state index contributed by atoms with van der Waals surface area (Å²) in [6.07, 6.45) is 2.79. The number of rotatable bonds is 5. The lowest BCUT2D eigenvalue weighted by Crippen LogP contribution is -2.16. The number of hydrogen-bond donors (Lipinski definition) is 1. The Morgan fingerprint density at radius 2 is 2.37 bits per heavy atom. The normalized spacial score (nSPS) is 19.1. The summed E-state index contributed by atoms with van der Waals surface area (Å²) in [4.78, 5) is 0. The van der Waals surface area contributed by atoms with Crippen molar-refractivity contribution in [3.8, 4) is 5.75 Å². The van der Waals surface area contributed by atoms with Gasteiger partial charge in [0.2, 0.25) is 0 Å². The lowest BCUT2D eigenvalue weighted by atomic mass is 10.1. The largest absolute Gasteiger partial charge is 0.490 e. The fourth-order valence-electron chi connectivity index (χ4n) is 2.38. The Labute approximate surface area is 111 Å². The highest BCUT2D eigenvalue weighted by atomic mass is 16.5. The molecule has 3 rings (SSSR count). The molecule has 1 aromatic carbocycles. The Bertz CT molecular complexity index is 545. The van der Waals surface area contributed by atoms with E-state index in [4.69, 9.17) is 19.1 Å². The van der Waals surface area contributed by atoms with Gasteiger partial charge in [-0.2, -0.15) is 0 Å². The predicted molar refractivity (Wildman–Crippen MR) is 69.3 cm³/mol. The summed E-state index contributed by atoms with van der Waals surface area (Å²) < 4.78 is 16.6. The molecule has 0 saturated carbocycles. The minimum absolute atomic E-state index is 0.0434. The van der Waals surface area contributed by atoms with Gasteiger partial charge in [-0.05, 0) is 25.0 Å². The third kappa shape index (κ3) is 2.57. The average molecular weight is 263 g/mol. The summed E-state index contributed by atoms with van der Waals surface area (Å²) in [6, 6.07) is 5.62. The van der Waals surface area contributed by atoms with Crippen LogP contribution in [0, 0.1) is 0 Å². The molecule has 1 aliphatic rings. The van der Waals surface area contributed by atoms with Gasteiger partial charge in [-0.25, -0.2) is 0 Å². The van der Waals surface area contributed by atoms with Crippen molar-refractivity contribution in [1.82, 2.24) is 5.16 Å². The van der Waals surface area contributed by atoms with E-state index in [2.05, 4.69) is 5.16 Å². The molecular formula is C14H17NO4. The highest BCUT2D eigenvalue weighted by molar-refractivity contribution is 5.86. The van der Waals surface area contributed by atoms with Crippen LogP contribution in [-0.2, 0) is 11.2 Å². The van der Waals surface area contributed by atoms with E-state index in [0.29, 0.717) is 18.6 Å². The van der Waals surface area contributed by atoms with Crippen molar-refractivity contribution in [1.29, 1.82) is 0 Å². The van der Waals surface area contributed by atoms with Crippen LogP contribution in [0.25, 0.3) is 11.0 Å². The fourth-order valence-corrected chi connectivity index (χ4v) is 2.38. The van der Waals surface area contributed by atoms with Crippen LogP contribution >= 0.6 is 0 Å². The second kappa shape index (κ2) is 5.59. The molecule has 5 heteroatoms. The van der Waals surface area contributed by atoms with Crippen molar-refractivity contribution in [2.24, 2.45) is 0 Å². The summed E-state index contributed by atoms with van der Waals surface area (Å²) in [5.74, 6) is 0.748. The van der Waals surface area contributed by atoms with Gasteiger partial charge in [0.05, 0.1) is 17.2 Å². The summed E-state index contributed by atoms with van der Waals surface area (Å²) >= 11 is 0. The number of nitrogens with zero attached hydrogens (tertiary/aromatic N) is 1. The van der Waals surface area contributed by atoms with Gasteiger partial charge >= 0.3 is 0 Å². The number of hydrogen-bond acceptors (Lipinski definition) is 5. The Hall–Kier alpha value is -1.59. The Balaban J connectivity index is 1.82. The molecule has 102 valence electrons. The van der Waals surface area contributed by atoms with Crippen LogP contribution in [0.5, 0.6) is 5.75 Å². The topological polar surface area (TPSA) is 64.7 Å². The van der Waals surface area contributed by atoms with Crippen LogP contribution in [0.1, 0.15) is 18.5 Å². The zero-order valence-corrected chi connectivity index (χ0v) is 10.7. The van der Waals surface area contributed by atoms with Gasteiger partial charge in [0.25, 0.3) is 0 Å². The van der Waals surface area contributed by atoms with Gasteiger partial charge in [0.1, 0.15) is 12.4 Å². The molecule has 5 nitrogen and oxygen atoms in total. The fraction of sp³-hybridized carbons (Fsp3) is 0.500. The van der Waals surface area contributed by atoms with Crippen LogP contribution < -0.4 is 4.74 Å². The van der Waals surface area contributed by atoms with Crippen molar-refractivity contribution in [2.45, 2.75) is 25.4 Å². The van der Waals surface area contributed by atoms with Gasteiger partial charge in [-0.3, -0.25) is 0 Å². The summed E-state index contributed by atoms with van der Waals surface area (Å²) in [5, 5.41) is 13.9. The molecular weight excluding hydrogens is 246 g/mol. The first-order valence-corrected chi connectivity index (χ1v) is 6.61. The molecule has 0 spiro atoms. The maximum absolute atomic E-state index is 9.05. The molecule has 0 radical (unpaired) electrons. The Morgan fingerprint density at radius 1 is 1.42 bits per heavy atom. The quantitative estimate of drug-likeness (QED) is 0.892. The molecule has 1 saturated heterocycles. The van der Waals surface area contributed by atoms with Gasteiger partial charge < -0.3 is 19.1 Å². The number of ether oxygens (including phenoxy) is 2. The molecule has 1 aliphatic heterocycles. The second-order valence-electron chi connectivity index (χ2n) is 4.68. The van der Waals surface area contributed by atoms with E-state index in [0.717, 1.165) is 36.3 Å². The minimum atomic E-state index is 0.0434. The summed E-state index contributed by atoms with van der Waals surface area (Å²) in [5.41, 5.74) is 1.42. The minimum Gasteiger partial charge on any atom is -0.490 e. The van der Waals surface area contributed by atoms with Crippen LogP contribution in [-0.4, -0.2) is 36.2 Å². The standard InChI is InChI=1S/C14H17NO4/c16-7-6-11-14-12(4-1-5-13(14)19-15-11)18-9-10-3-2-8-17-10/h1,4-5,10,16H,2-3,6-9H2. The van der Waals surface area contributed by atoms with E-state index in [1.807, 2.05) is 18.2 Å². The number of benzene rings is 1. The molecule has 1 atom stereocenters. The van der Waals surface area contributed by atoms with Gasteiger partial charge in [-0.15, -0.1) is 0 Å². The lowest BCUT2D eigenvalue weighted by Gasteiger charge is -2.12. The van der Waals surface area contributed by atoms with Crippen molar-refractivity contribution in [3.05, 3.63) is 23.9 Å². The third-order valence-corrected chi connectivity index (χ3v) is 3.33. The van der Waals surface area contributed by atoms with Crippen molar-refractivity contribution < 1.29 is 19.1 Å².